The Morgan fingerprint density at radius 1 is 1.12 bits per heavy atom. The van der Waals surface area contributed by atoms with Crippen LogP contribution in [-0.4, -0.2) is 67.3 Å². The fourth-order valence-electron chi connectivity index (χ4n) is 4.55. The van der Waals surface area contributed by atoms with Crippen molar-refractivity contribution < 1.29 is 14.3 Å². The van der Waals surface area contributed by atoms with Gasteiger partial charge in [-0.05, 0) is 30.5 Å². The van der Waals surface area contributed by atoms with Gasteiger partial charge in [-0.15, -0.1) is 0 Å². The minimum atomic E-state index is -0.306. The van der Waals surface area contributed by atoms with Crippen molar-refractivity contribution in [1.29, 1.82) is 0 Å². The number of benzene rings is 2. The Bertz CT molecular complexity index is 1040. The van der Waals surface area contributed by atoms with Crippen LogP contribution in [0.25, 0.3) is 11.1 Å². The monoisotopic (exact) mass is 448 g/mol. The van der Waals surface area contributed by atoms with Crippen LogP contribution in [0, 0.1) is 5.92 Å². The Labute approximate surface area is 195 Å². The second kappa shape index (κ2) is 10.5. The van der Waals surface area contributed by atoms with Gasteiger partial charge in [-0.1, -0.05) is 42.5 Å². The van der Waals surface area contributed by atoms with Gasteiger partial charge in [-0.2, -0.15) is 5.10 Å². The highest BCUT2D eigenvalue weighted by Crippen LogP contribution is 2.33. The number of carbonyl (C=O) groups excluding carboxylic acids is 2. The zero-order valence-corrected chi connectivity index (χ0v) is 19.4. The lowest BCUT2D eigenvalue weighted by molar-refractivity contribution is -0.132. The molecule has 1 fully saturated rings. The summed E-state index contributed by atoms with van der Waals surface area (Å²) in [7, 11) is 1.67. The second-order valence-electron chi connectivity index (χ2n) is 8.68. The van der Waals surface area contributed by atoms with E-state index in [-0.39, 0.29) is 17.7 Å². The molecule has 0 aliphatic carbocycles. The van der Waals surface area contributed by atoms with E-state index in [2.05, 4.69) is 22.6 Å². The predicted molar refractivity (Wildman–Crippen MR) is 129 cm³/mol. The lowest BCUT2D eigenvalue weighted by atomic mass is 9.91. The smallest absolute Gasteiger partial charge is 0.225 e. The summed E-state index contributed by atoms with van der Waals surface area (Å²) in [5.41, 5.74) is 4.23. The number of carbonyl (C=O) groups is 2. The maximum Gasteiger partial charge on any atom is 0.225 e. The van der Waals surface area contributed by atoms with Gasteiger partial charge in [0.2, 0.25) is 11.8 Å². The largest absolute Gasteiger partial charge is 0.496 e. The highest BCUT2D eigenvalue weighted by atomic mass is 16.5. The molecule has 1 N–H and O–H groups in total. The van der Waals surface area contributed by atoms with Crippen LogP contribution in [0.4, 0.5) is 0 Å². The van der Waals surface area contributed by atoms with E-state index in [1.54, 1.807) is 7.11 Å². The zero-order valence-electron chi connectivity index (χ0n) is 19.4. The molecule has 2 aromatic rings. The zero-order chi connectivity index (χ0) is 23.2. The number of nitrogens with zero attached hydrogens (tertiary/aromatic N) is 3. The molecule has 2 heterocycles. The van der Waals surface area contributed by atoms with E-state index >= 15 is 0 Å². The van der Waals surface area contributed by atoms with Gasteiger partial charge in [-0.25, -0.2) is 0 Å². The Balaban J connectivity index is 1.48. The Hall–Kier alpha value is -3.35. The number of rotatable bonds is 7. The number of para-hydroxylation sites is 1. The quantitative estimate of drug-likeness (QED) is 0.707. The molecule has 33 heavy (non-hydrogen) atoms. The van der Waals surface area contributed by atoms with Crippen LogP contribution in [0.1, 0.15) is 25.3 Å². The minimum Gasteiger partial charge on any atom is -0.496 e. The van der Waals surface area contributed by atoms with Crippen molar-refractivity contribution in [2.75, 3.05) is 39.8 Å². The first kappa shape index (κ1) is 22.8. The van der Waals surface area contributed by atoms with Gasteiger partial charge in [0.25, 0.3) is 0 Å². The molecule has 4 rings (SSSR count). The van der Waals surface area contributed by atoms with Crippen molar-refractivity contribution in [3.8, 4) is 16.9 Å². The number of amides is 2. The van der Waals surface area contributed by atoms with Gasteiger partial charge in [0.05, 0.1) is 13.0 Å². The molecule has 1 saturated heterocycles. The van der Waals surface area contributed by atoms with E-state index in [1.165, 1.54) is 0 Å². The normalized spacial score (nSPS) is 18.5. The first-order valence-corrected chi connectivity index (χ1v) is 11.6. The van der Waals surface area contributed by atoms with Gasteiger partial charge in [-0.3, -0.25) is 14.6 Å². The number of methoxy groups -OCH3 is 1. The molecule has 0 aromatic heterocycles. The maximum atomic E-state index is 13.0. The molecular formula is C26H32N4O3. The predicted octanol–water partition coefficient (Wildman–Crippen LogP) is 2.95. The molecule has 1 atom stereocenters. The minimum absolute atomic E-state index is 0.0000950. The third kappa shape index (κ3) is 5.53. The van der Waals surface area contributed by atoms with Crippen LogP contribution >= 0.6 is 0 Å². The highest BCUT2D eigenvalue weighted by Gasteiger charge is 2.29. The fourth-order valence-corrected chi connectivity index (χ4v) is 4.55. The average Bonchev–Trinajstić information content (AvgIpc) is 3.17. The van der Waals surface area contributed by atoms with Crippen LogP contribution in [0.2, 0.25) is 0 Å². The SMILES string of the molecule is COc1ccccc1-c1ccccc1CC1CN(C(=O)CCN2CCC(C)=N2)CCNC1=O. The van der Waals surface area contributed by atoms with Gasteiger partial charge in [0.1, 0.15) is 5.75 Å². The molecule has 2 aliphatic heterocycles. The summed E-state index contributed by atoms with van der Waals surface area (Å²) in [6.07, 6.45) is 1.93. The Morgan fingerprint density at radius 2 is 1.88 bits per heavy atom. The molecular weight excluding hydrogens is 416 g/mol. The fraction of sp³-hybridized carbons (Fsp3) is 0.423. The maximum absolute atomic E-state index is 13.0. The summed E-state index contributed by atoms with van der Waals surface area (Å²) in [5.74, 6) is 0.570. The van der Waals surface area contributed by atoms with Crippen molar-refractivity contribution in [3.63, 3.8) is 0 Å². The van der Waals surface area contributed by atoms with E-state index in [0.29, 0.717) is 39.0 Å². The van der Waals surface area contributed by atoms with Crippen molar-refractivity contribution in [2.45, 2.75) is 26.2 Å². The van der Waals surface area contributed by atoms with Gasteiger partial charge < -0.3 is 15.0 Å². The summed E-state index contributed by atoms with van der Waals surface area (Å²) in [6.45, 7) is 4.96. The summed E-state index contributed by atoms with van der Waals surface area (Å²) < 4.78 is 5.56. The molecule has 2 aliphatic rings. The van der Waals surface area contributed by atoms with E-state index in [1.807, 2.05) is 53.2 Å². The van der Waals surface area contributed by atoms with Gasteiger partial charge in [0.15, 0.2) is 0 Å². The third-order valence-electron chi connectivity index (χ3n) is 6.35. The molecule has 7 heteroatoms. The standard InChI is InChI=1S/C26H32N4O3/c1-19-11-14-30(28-19)15-12-25(31)29-16-13-27-26(32)21(18-29)17-20-7-3-4-8-22(20)23-9-5-6-10-24(23)33-2/h3-10,21H,11-18H2,1-2H3,(H,27,32). The number of hydrogen-bond donors (Lipinski definition) is 1. The van der Waals surface area contributed by atoms with Crippen molar-refractivity contribution in [3.05, 3.63) is 54.1 Å². The second-order valence-corrected chi connectivity index (χ2v) is 8.68. The number of hydrogen-bond acceptors (Lipinski definition) is 5. The van der Waals surface area contributed by atoms with Crippen LogP contribution in [0.3, 0.4) is 0 Å². The highest BCUT2D eigenvalue weighted by molar-refractivity contribution is 5.84. The first-order valence-electron chi connectivity index (χ1n) is 11.6. The number of ether oxygens (including phenoxy) is 1. The van der Waals surface area contributed by atoms with Crippen LogP contribution < -0.4 is 10.1 Å². The van der Waals surface area contributed by atoms with Gasteiger partial charge in [0, 0.05) is 56.8 Å². The summed E-state index contributed by atoms with van der Waals surface area (Å²) in [5, 5.41) is 9.42. The van der Waals surface area contributed by atoms with E-state index in [9.17, 15) is 9.59 Å². The molecule has 2 amide bonds. The molecule has 7 nitrogen and oxygen atoms in total. The van der Waals surface area contributed by atoms with E-state index in [0.717, 1.165) is 41.1 Å². The Morgan fingerprint density at radius 3 is 2.64 bits per heavy atom. The molecule has 2 aromatic carbocycles. The molecule has 0 radical (unpaired) electrons. The topological polar surface area (TPSA) is 74.2 Å². The molecule has 1 unspecified atom stereocenters. The summed E-state index contributed by atoms with van der Waals surface area (Å²) in [6, 6.07) is 16.0. The summed E-state index contributed by atoms with van der Waals surface area (Å²) >= 11 is 0. The van der Waals surface area contributed by atoms with Crippen LogP contribution in [0.15, 0.2) is 53.6 Å². The van der Waals surface area contributed by atoms with E-state index < -0.39 is 0 Å². The van der Waals surface area contributed by atoms with Crippen molar-refractivity contribution in [2.24, 2.45) is 11.0 Å². The van der Waals surface area contributed by atoms with Crippen LogP contribution in [0.5, 0.6) is 5.75 Å². The summed E-state index contributed by atoms with van der Waals surface area (Å²) in [4.78, 5) is 27.7. The lowest BCUT2D eigenvalue weighted by Crippen LogP contribution is -2.38. The molecule has 174 valence electrons. The van der Waals surface area contributed by atoms with Crippen molar-refractivity contribution in [1.82, 2.24) is 15.2 Å². The first-order chi connectivity index (χ1) is 16.0. The van der Waals surface area contributed by atoms with Gasteiger partial charge >= 0.3 is 0 Å². The molecule has 0 saturated carbocycles. The molecule has 0 bridgehead atoms. The Kier molecular flexibility index (Phi) is 7.27. The number of nitrogens with one attached hydrogen (secondary N) is 1. The lowest BCUT2D eigenvalue weighted by Gasteiger charge is -2.25. The molecule has 0 spiro atoms. The average molecular weight is 449 g/mol. The number of hydrazone groups is 1. The van der Waals surface area contributed by atoms with E-state index in [4.69, 9.17) is 4.74 Å². The third-order valence-corrected chi connectivity index (χ3v) is 6.35. The van der Waals surface area contributed by atoms with Crippen molar-refractivity contribution >= 4 is 17.5 Å². The van der Waals surface area contributed by atoms with Crippen LogP contribution in [-0.2, 0) is 16.0 Å².